The van der Waals surface area contributed by atoms with E-state index in [-0.39, 0.29) is 17.3 Å². The van der Waals surface area contributed by atoms with Crippen molar-refractivity contribution in [2.45, 2.75) is 26.9 Å². The number of nitrogens with one attached hydrogen (secondary N) is 1. The number of ether oxygens (including phenoxy) is 1. The number of para-hydroxylation sites is 2. The molecule has 2 aromatic carbocycles. The van der Waals surface area contributed by atoms with Gasteiger partial charge >= 0.3 is 5.69 Å². The second kappa shape index (κ2) is 6.91. The first-order valence-corrected chi connectivity index (χ1v) is 7.16. The van der Waals surface area contributed by atoms with Gasteiger partial charge in [-0.3, -0.25) is 14.9 Å². The van der Waals surface area contributed by atoms with Crippen LogP contribution in [0, 0.1) is 24.0 Å². The summed E-state index contributed by atoms with van der Waals surface area (Å²) in [6.45, 7) is 5.49. The number of nitro groups is 1. The van der Waals surface area contributed by atoms with Crippen LogP contribution >= 0.6 is 0 Å². The zero-order valence-corrected chi connectivity index (χ0v) is 13.2. The Bertz CT molecular complexity index is 743. The van der Waals surface area contributed by atoms with Gasteiger partial charge < -0.3 is 10.1 Å². The van der Waals surface area contributed by atoms with Crippen molar-refractivity contribution < 1.29 is 14.5 Å². The van der Waals surface area contributed by atoms with Gasteiger partial charge in [0.2, 0.25) is 0 Å². The summed E-state index contributed by atoms with van der Waals surface area (Å²) in [7, 11) is 0. The first kappa shape index (κ1) is 16.5. The summed E-state index contributed by atoms with van der Waals surface area (Å²) in [5.41, 5.74) is 2.69. The molecular formula is C17H18N2O4. The standard InChI is InChI=1S/C17H18N2O4/c1-11-8-9-14(10-12(11)2)18-17(20)13(3)23-16-7-5-4-6-15(16)19(21)22/h4-10,13H,1-3H3,(H,18,20). The normalized spacial score (nSPS) is 11.6. The molecule has 6 nitrogen and oxygen atoms in total. The smallest absolute Gasteiger partial charge is 0.310 e. The van der Waals surface area contributed by atoms with E-state index in [2.05, 4.69) is 5.32 Å². The average molecular weight is 314 g/mol. The van der Waals surface area contributed by atoms with E-state index in [1.807, 2.05) is 26.0 Å². The van der Waals surface area contributed by atoms with E-state index in [4.69, 9.17) is 4.74 Å². The Balaban J connectivity index is 2.08. The van der Waals surface area contributed by atoms with Gasteiger partial charge in [-0.2, -0.15) is 0 Å². The minimum atomic E-state index is -0.863. The molecule has 0 bridgehead atoms. The SMILES string of the molecule is Cc1ccc(NC(=O)C(C)Oc2ccccc2[N+](=O)[O-])cc1C. The van der Waals surface area contributed by atoms with E-state index in [1.165, 1.54) is 12.1 Å². The molecule has 120 valence electrons. The highest BCUT2D eigenvalue weighted by molar-refractivity contribution is 5.94. The molecule has 0 aliphatic rings. The molecule has 0 fully saturated rings. The number of aryl methyl sites for hydroxylation is 2. The Morgan fingerprint density at radius 3 is 2.52 bits per heavy atom. The maximum Gasteiger partial charge on any atom is 0.310 e. The van der Waals surface area contributed by atoms with Crippen LogP contribution in [0.25, 0.3) is 0 Å². The molecule has 2 aromatic rings. The van der Waals surface area contributed by atoms with Crippen LogP contribution in [0.2, 0.25) is 0 Å². The average Bonchev–Trinajstić information content (AvgIpc) is 2.51. The highest BCUT2D eigenvalue weighted by Crippen LogP contribution is 2.27. The van der Waals surface area contributed by atoms with E-state index >= 15 is 0 Å². The number of anilines is 1. The lowest BCUT2D eigenvalue weighted by Gasteiger charge is -2.15. The predicted octanol–water partition coefficient (Wildman–Crippen LogP) is 3.62. The Kier molecular flexibility index (Phi) is 4.95. The lowest BCUT2D eigenvalue weighted by Crippen LogP contribution is -2.30. The minimum absolute atomic E-state index is 0.0697. The summed E-state index contributed by atoms with van der Waals surface area (Å²) in [6.07, 6.45) is -0.863. The van der Waals surface area contributed by atoms with Crippen molar-refractivity contribution in [3.63, 3.8) is 0 Å². The molecule has 1 N–H and O–H groups in total. The van der Waals surface area contributed by atoms with Crippen molar-refractivity contribution in [1.82, 2.24) is 0 Å². The summed E-state index contributed by atoms with van der Waals surface area (Å²) in [5.74, 6) is -0.299. The Labute approximate surface area is 134 Å². The number of amides is 1. The van der Waals surface area contributed by atoms with Crippen molar-refractivity contribution in [2.75, 3.05) is 5.32 Å². The van der Waals surface area contributed by atoms with Crippen LogP contribution in [-0.2, 0) is 4.79 Å². The van der Waals surface area contributed by atoms with Gasteiger partial charge in [-0.15, -0.1) is 0 Å². The second-order valence-corrected chi connectivity index (χ2v) is 5.27. The zero-order valence-electron chi connectivity index (χ0n) is 13.2. The number of hydrogen-bond acceptors (Lipinski definition) is 4. The quantitative estimate of drug-likeness (QED) is 0.675. The molecule has 0 aliphatic heterocycles. The van der Waals surface area contributed by atoms with Gasteiger partial charge in [-0.1, -0.05) is 18.2 Å². The molecule has 0 saturated heterocycles. The summed E-state index contributed by atoms with van der Waals surface area (Å²) >= 11 is 0. The Hall–Kier alpha value is -2.89. The lowest BCUT2D eigenvalue weighted by atomic mass is 10.1. The summed E-state index contributed by atoms with van der Waals surface area (Å²) in [6, 6.07) is 11.6. The van der Waals surface area contributed by atoms with Crippen molar-refractivity contribution in [3.8, 4) is 5.75 Å². The summed E-state index contributed by atoms with van der Waals surface area (Å²) < 4.78 is 5.44. The number of nitro benzene ring substituents is 1. The van der Waals surface area contributed by atoms with Crippen LogP contribution in [-0.4, -0.2) is 16.9 Å². The van der Waals surface area contributed by atoms with E-state index in [9.17, 15) is 14.9 Å². The molecule has 1 atom stereocenters. The van der Waals surface area contributed by atoms with E-state index in [0.717, 1.165) is 11.1 Å². The van der Waals surface area contributed by atoms with Crippen LogP contribution in [0.1, 0.15) is 18.1 Å². The molecule has 0 saturated carbocycles. The van der Waals surface area contributed by atoms with Gasteiger partial charge in [0.1, 0.15) is 0 Å². The maximum atomic E-state index is 12.2. The number of nitrogens with zero attached hydrogens (tertiary/aromatic N) is 1. The van der Waals surface area contributed by atoms with Crippen molar-refractivity contribution >= 4 is 17.3 Å². The molecule has 1 amide bonds. The van der Waals surface area contributed by atoms with Crippen LogP contribution in [0.3, 0.4) is 0 Å². The van der Waals surface area contributed by atoms with Crippen molar-refractivity contribution in [1.29, 1.82) is 0 Å². The fraction of sp³-hybridized carbons (Fsp3) is 0.235. The van der Waals surface area contributed by atoms with Crippen molar-refractivity contribution in [2.24, 2.45) is 0 Å². The number of carbonyl (C=O) groups is 1. The first-order chi connectivity index (χ1) is 10.9. The fourth-order valence-electron chi connectivity index (χ4n) is 2.01. The van der Waals surface area contributed by atoms with Crippen LogP contribution in [0.4, 0.5) is 11.4 Å². The number of rotatable bonds is 5. The summed E-state index contributed by atoms with van der Waals surface area (Å²) in [5, 5.41) is 13.7. The minimum Gasteiger partial charge on any atom is -0.474 e. The molecule has 0 aromatic heterocycles. The highest BCUT2D eigenvalue weighted by Gasteiger charge is 2.20. The molecule has 1 unspecified atom stereocenters. The van der Waals surface area contributed by atoms with E-state index < -0.39 is 11.0 Å². The van der Waals surface area contributed by atoms with Crippen LogP contribution < -0.4 is 10.1 Å². The summed E-state index contributed by atoms with van der Waals surface area (Å²) in [4.78, 5) is 22.6. The second-order valence-electron chi connectivity index (χ2n) is 5.27. The third-order valence-corrected chi connectivity index (χ3v) is 3.51. The molecular weight excluding hydrogens is 296 g/mol. The van der Waals surface area contributed by atoms with Gasteiger partial charge in [0, 0.05) is 11.8 Å². The molecule has 6 heteroatoms. The van der Waals surface area contributed by atoms with Gasteiger partial charge in [0.05, 0.1) is 4.92 Å². The molecule has 0 spiro atoms. The first-order valence-electron chi connectivity index (χ1n) is 7.16. The van der Waals surface area contributed by atoms with Gasteiger partial charge in [0.25, 0.3) is 5.91 Å². The van der Waals surface area contributed by atoms with E-state index in [0.29, 0.717) is 5.69 Å². The zero-order chi connectivity index (χ0) is 17.0. The Morgan fingerprint density at radius 2 is 1.87 bits per heavy atom. The molecule has 0 radical (unpaired) electrons. The highest BCUT2D eigenvalue weighted by atomic mass is 16.6. The number of benzene rings is 2. The van der Waals surface area contributed by atoms with Gasteiger partial charge in [0.15, 0.2) is 11.9 Å². The monoisotopic (exact) mass is 314 g/mol. The topological polar surface area (TPSA) is 81.5 Å². The van der Waals surface area contributed by atoms with Crippen LogP contribution in [0.15, 0.2) is 42.5 Å². The molecule has 0 aliphatic carbocycles. The third kappa shape index (κ3) is 4.06. The van der Waals surface area contributed by atoms with E-state index in [1.54, 1.807) is 25.1 Å². The number of hydrogen-bond donors (Lipinski definition) is 1. The molecule has 2 rings (SSSR count). The molecule has 0 heterocycles. The van der Waals surface area contributed by atoms with Gasteiger partial charge in [-0.25, -0.2) is 0 Å². The Morgan fingerprint density at radius 1 is 1.17 bits per heavy atom. The van der Waals surface area contributed by atoms with Crippen LogP contribution in [0.5, 0.6) is 5.75 Å². The lowest BCUT2D eigenvalue weighted by molar-refractivity contribution is -0.386. The third-order valence-electron chi connectivity index (χ3n) is 3.51. The molecule has 23 heavy (non-hydrogen) atoms. The van der Waals surface area contributed by atoms with Crippen molar-refractivity contribution in [3.05, 3.63) is 63.7 Å². The van der Waals surface area contributed by atoms with Gasteiger partial charge in [-0.05, 0) is 50.1 Å². The fourth-order valence-corrected chi connectivity index (χ4v) is 2.01. The number of carbonyl (C=O) groups excluding carboxylic acids is 1. The predicted molar refractivity (Wildman–Crippen MR) is 87.7 cm³/mol. The maximum absolute atomic E-state index is 12.2. The largest absolute Gasteiger partial charge is 0.474 e.